The molecule has 0 radical (unpaired) electrons. The number of amides is 2. The highest BCUT2D eigenvalue weighted by Gasteiger charge is 2.24. The van der Waals surface area contributed by atoms with E-state index < -0.39 is 0 Å². The second-order valence-electron chi connectivity index (χ2n) is 4.54. The SMILES string of the molecule is O=C(NC1CCN(C(=O)CCCl)CC1)c1ccco1. The van der Waals surface area contributed by atoms with Gasteiger partial charge in [-0.25, -0.2) is 0 Å². The number of nitrogens with one attached hydrogen (secondary N) is 1. The third kappa shape index (κ3) is 3.73. The molecule has 5 nitrogen and oxygen atoms in total. The third-order valence-corrected chi connectivity index (χ3v) is 3.43. The Morgan fingerprint density at radius 1 is 1.42 bits per heavy atom. The number of hydrogen-bond donors (Lipinski definition) is 1. The maximum Gasteiger partial charge on any atom is 0.287 e. The Bertz CT molecular complexity index is 425. The normalized spacial score (nSPS) is 16.4. The van der Waals surface area contributed by atoms with Crippen molar-refractivity contribution < 1.29 is 14.0 Å². The molecule has 0 unspecified atom stereocenters. The van der Waals surface area contributed by atoms with Gasteiger partial charge in [-0.15, -0.1) is 11.6 Å². The van der Waals surface area contributed by atoms with Gasteiger partial charge in [-0.3, -0.25) is 9.59 Å². The summed E-state index contributed by atoms with van der Waals surface area (Å²) in [5.74, 6) is 0.565. The molecule has 19 heavy (non-hydrogen) atoms. The second kappa shape index (κ2) is 6.61. The molecule has 104 valence electrons. The van der Waals surface area contributed by atoms with Crippen LogP contribution in [0, 0.1) is 0 Å². The fourth-order valence-electron chi connectivity index (χ4n) is 2.18. The predicted molar refractivity (Wildman–Crippen MR) is 71.1 cm³/mol. The summed E-state index contributed by atoms with van der Waals surface area (Å²) in [4.78, 5) is 25.2. The van der Waals surface area contributed by atoms with Crippen molar-refractivity contribution in [3.8, 4) is 0 Å². The zero-order valence-corrected chi connectivity index (χ0v) is 11.4. The molecule has 2 heterocycles. The van der Waals surface area contributed by atoms with Crippen molar-refractivity contribution in [2.24, 2.45) is 0 Å². The van der Waals surface area contributed by atoms with Gasteiger partial charge in [0, 0.05) is 31.4 Å². The van der Waals surface area contributed by atoms with Crippen molar-refractivity contribution in [2.45, 2.75) is 25.3 Å². The molecular weight excluding hydrogens is 268 g/mol. The fourth-order valence-corrected chi connectivity index (χ4v) is 2.34. The van der Waals surface area contributed by atoms with E-state index in [9.17, 15) is 9.59 Å². The lowest BCUT2D eigenvalue weighted by Crippen LogP contribution is -2.46. The van der Waals surface area contributed by atoms with E-state index in [0.29, 0.717) is 31.2 Å². The van der Waals surface area contributed by atoms with E-state index in [1.54, 1.807) is 17.0 Å². The van der Waals surface area contributed by atoms with Crippen LogP contribution in [0.4, 0.5) is 0 Å². The molecule has 2 rings (SSSR count). The van der Waals surface area contributed by atoms with Gasteiger partial charge in [0.1, 0.15) is 0 Å². The predicted octanol–water partition coefficient (Wildman–Crippen LogP) is 1.63. The van der Waals surface area contributed by atoms with Crippen molar-refractivity contribution in [2.75, 3.05) is 19.0 Å². The highest BCUT2D eigenvalue weighted by molar-refractivity contribution is 6.18. The lowest BCUT2D eigenvalue weighted by Gasteiger charge is -2.32. The Kier molecular flexibility index (Phi) is 4.85. The third-order valence-electron chi connectivity index (χ3n) is 3.24. The van der Waals surface area contributed by atoms with Gasteiger partial charge in [0.15, 0.2) is 5.76 Å². The van der Waals surface area contributed by atoms with Gasteiger partial charge in [-0.2, -0.15) is 0 Å². The summed E-state index contributed by atoms with van der Waals surface area (Å²) in [6, 6.07) is 3.41. The minimum atomic E-state index is -0.199. The van der Waals surface area contributed by atoms with Crippen LogP contribution < -0.4 is 5.32 Å². The Hall–Kier alpha value is -1.49. The summed E-state index contributed by atoms with van der Waals surface area (Å²) in [6.07, 6.45) is 3.38. The zero-order chi connectivity index (χ0) is 13.7. The van der Waals surface area contributed by atoms with Crippen molar-refractivity contribution in [1.29, 1.82) is 0 Å². The number of piperidine rings is 1. The van der Waals surface area contributed by atoms with E-state index in [1.807, 2.05) is 0 Å². The first-order chi connectivity index (χ1) is 9.20. The monoisotopic (exact) mass is 284 g/mol. The van der Waals surface area contributed by atoms with E-state index in [1.165, 1.54) is 6.26 Å². The van der Waals surface area contributed by atoms with Crippen LogP contribution in [0.3, 0.4) is 0 Å². The number of furan rings is 1. The van der Waals surface area contributed by atoms with Crippen LogP contribution in [0.1, 0.15) is 29.8 Å². The Labute approximate surface area is 116 Å². The highest BCUT2D eigenvalue weighted by atomic mass is 35.5. The summed E-state index contributed by atoms with van der Waals surface area (Å²) >= 11 is 5.56. The molecule has 2 amide bonds. The number of carbonyl (C=O) groups is 2. The molecular formula is C13H17ClN2O3. The molecule has 1 aromatic heterocycles. The van der Waals surface area contributed by atoms with Gasteiger partial charge in [-0.1, -0.05) is 0 Å². The summed E-state index contributed by atoms with van der Waals surface area (Å²) in [5, 5.41) is 2.92. The molecule has 1 fully saturated rings. The van der Waals surface area contributed by atoms with E-state index in [4.69, 9.17) is 16.0 Å². The maximum absolute atomic E-state index is 11.8. The zero-order valence-electron chi connectivity index (χ0n) is 10.6. The summed E-state index contributed by atoms with van der Waals surface area (Å²) in [7, 11) is 0. The molecule has 0 atom stereocenters. The molecule has 0 spiro atoms. The van der Waals surface area contributed by atoms with E-state index in [2.05, 4.69) is 5.32 Å². The van der Waals surface area contributed by atoms with Gasteiger partial charge in [0.2, 0.25) is 5.91 Å². The summed E-state index contributed by atoms with van der Waals surface area (Å²) in [5.41, 5.74) is 0. The number of alkyl halides is 1. The lowest BCUT2D eigenvalue weighted by atomic mass is 10.0. The van der Waals surface area contributed by atoms with Crippen LogP contribution >= 0.6 is 11.6 Å². The highest BCUT2D eigenvalue weighted by Crippen LogP contribution is 2.12. The van der Waals surface area contributed by atoms with Gasteiger partial charge in [0.25, 0.3) is 5.91 Å². The van der Waals surface area contributed by atoms with Crippen LogP contribution in [0.5, 0.6) is 0 Å². The van der Waals surface area contributed by atoms with E-state index >= 15 is 0 Å². The van der Waals surface area contributed by atoms with E-state index in [-0.39, 0.29) is 17.9 Å². The summed E-state index contributed by atoms with van der Waals surface area (Å²) in [6.45, 7) is 1.33. The first kappa shape index (κ1) is 13.9. The first-order valence-electron chi connectivity index (χ1n) is 6.39. The van der Waals surface area contributed by atoms with Crippen molar-refractivity contribution >= 4 is 23.4 Å². The van der Waals surface area contributed by atoms with Gasteiger partial charge in [-0.05, 0) is 25.0 Å². The quantitative estimate of drug-likeness (QED) is 0.855. The van der Waals surface area contributed by atoms with Crippen LogP contribution in [-0.2, 0) is 4.79 Å². The molecule has 1 saturated heterocycles. The van der Waals surface area contributed by atoms with E-state index in [0.717, 1.165) is 12.8 Å². The Morgan fingerprint density at radius 3 is 2.74 bits per heavy atom. The first-order valence-corrected chi connectivity index (χ1v) is 6.92. The largest absolute Gasteiger partial charge is 0.459 e. The minimum absolute atomic E-state index is 0.0887. The van der Waals surface area contributed by atoms with Gasteiger partial charge < -0.3 is 14.6 Å². The van der Waals surface area contributed by atoms with Crippen molar-refractivity contribution in [3.63, 3.8) is 0 Å². The Morgan fingerprint density at radius 2 is 2.16 bits per heavy atom. The Balaban J connectivity index is 1.77. The average molecular weight is 285 g/mol. The van der Waals surface area contributed by atoms with Crippen LogP contribution in [0.25, 0.3) is 0 Å². The topological polar surface area (TPSA) is 62.6 Å². The van der Waals surface area contributed by atoms with Crippen LogP contribution in [-0.4, -0.2) is 41.7 Å². The number of nitrogens with zero attached hydrogens (tertiary/aromatic N) is 1. The molecule has 6 heteroatoms. The molecule has 0 aromatic carbocycles. The minimum Gasteiger partial charge on any atom is -0.459 e. The standard InChI is InChI=1S/C13H17ClN2O3/c14-6-3-12(17)16-7-4-10(5-8-16)15-13(18)11-2-1-9-19-11/h1-2,9-10H,3-8H2,(H,15,18). The fraction of sp³-hybridized carbons (Fsp3) is 0.538. The van der Waals surface area contributed by atoms with Gasteiger partial charge >= 0.3 is 0 Å². The molecule has 0 saturated carbocycles. The molecule has 1 aromatic rings. The number of rotatable bonds is 4. The number of carbonyl (C=O) groups excluding carboxylic acids is 2. The second-order valence-corrected chi connectivity index (χ2v) is 4.92. The maximum atomic E-state index is 11.8. The van der Waals surface area contributed by atoms with Crippen LogP contribution in [0.15, 0.2) is 22.8 Å². The molecule has 0 aliphatic carbocycles. The molecule has 1 N–H and O–H groups in total. The molecule has 1 aliphatic heterocycles. The van der Waals surface area contributed by atoms with Crippen molar-refractivity contribution in [3.05, 3.63) is 24.2 Å². The smallest absolute Gasteiger partial charge is 0.287 e. The summed E-state index contributed by atoms with van der Waals surface area (Å²) < 4.78 is 5.04. The number of halogens is 1. The number of likely N-dealkylation sites (tertiary alicyclic amines) is 1. The van der Waals surface area contributed by atoms with Crippen molar-refractivity contribution in [1.82, 2.24) is 10.2 Å². The molecule has 1 aliphatic rings. The average Bonchev–Trinajstić information content (AvgIpc) is 2.94. The number of hydrogen-bond acceptors (Lipinski definition) is 3. The van der Waals surface area contributed by atoms with Gasteiger partial charge in [0.05, 0.1) is 6.26 Å². The lowest BCUT2D eigenvalue weighted by molar-refractivity contribution is -0.131. The van der Waals surface area contributed by atoms with Crippen LogP contribution in [0.2, 0.25) is 0 Å². The molecule has 0 bridgehead atoms.